The Morgan fingerprint density at radius 1 is 1.07 bits per heavy atom. The number of hydrogen-bond donors (Lipinski definition) is 0. The second-order valence-corrected chi connectivity index (χ2v) is 3.83. The lowest BCUT2D eigenvalue weighted by Crippen LogP contribution is -1.81. The third-order valence-electron chi connectivity index (χ3n) is 2.03. The molecule has 70 valence electrons. The lowest BCUT2D eigenvalue weighted by Gasteiger charge is -2.02. The van der Waals surface area contributed by atoms with Gasteiger partial charge in [-0.25, -0.2) is 0 Å². The Bertz CT molecular complexity index is 506. The predicted octanol–water partition coefficient (Wildman–Crippen LogP) is 3.96. The molecule has 0 heterocycles. The molecule has 0 aliphatic carbocycles. The predicted molar refractivity (Wildman–Crippen MR) is 59.4 cm³/mol. The van der Waals surface area contributed by atoms with E-state index in [0.29, 0.717) is 15.6 Å². The molecule has 0 aliphatic rings. The normalized spacial score (nSPS) is 10.4. The quantitative estimate of drug-likeness (QED) is 0.671. The molecule has 0 spiro atoms. The van der Waals surface area contributed by atoms with E-state index < -0.39 is 0 Å². The van der Waals surface area contributed by atoms with Crippen molar-refractivity contribution in [2.75, 3.05) is 0 Å². The highest BCUT2D eigenvalue weighted by Crippen LogP contribution is 2.28. The van der Waals surface area contributed by atoms with Crippen molar-refractivity contribution in [3.05, 3.63) is 45.9 Å². The topological polar surface area (TPSA) is 17.1 Å². The number of rotatable bonds is 1. The molecule has 0 fully saturated rings. The molecule has 0 N–H and O–H groups in total. The van der Waals surface area contributed by atoms with E-state index in [0.717, 1.165) is 17.1 Å². The van der Waals surface area contributed by atoms with Gasteiger partial charge in [0, 0.05) is 21.0 Å². The van der Waals surface area contributed by atoms with Gasteiger partial charge in [0.15, 0.2) is 0 Å². The van der Waals surface area contributed by atoms with Gasteiger partial charge in [0.25, 0.3) is 0 Å². The molecule has 0 unspecified atom stereocenters. The van der Waals surface area contributed by atoms with Crippen molar-refractivity contribution < 1.29 is 4.79 Å². The SMILES string of the molecule is O=Cc1ccc2cc(Cl)cc(Cl)c2c1. The summed E-state index contributed by atoms with van der Waals surface area (Å²) in [7, 11) is 0. The first kappa shape index (κ1) is 9.50. The van der Waals surface area contributed by atoms with Gasteiger partial charge in [0.2, 0.25) is 0 Å². The van der Waals surface area contributed by atoms with Gasteiger partial charge in [-0.1, -0.05) is 35.3 Å². The average Bonchev–Trinajstić information content (AvgIpc) is 2.17. The average molecular weight is 225 g/mol. The van der Waals surface area contributed by atoms with Gasteiger partial charge in [-0.3, -0.25) is 4.79 Å². The van der Waals surface area contributed by atoms with Crippen molar-refractivity contribution in [3.8, 4) is 0 Å². The van der Waals surface area contributed by atoms with Crippen molar-refractivity contribution in [2.45, 2.75) is 0 Å². The number of halogens is 2. The van der Waals surface area contributed by atoms with Crippen molar-refractivity contribution in [1.29, 1.82) is 0 Å². The minimum atomic E-state index is 0.566. The van der Waals surface area contributed by atoms with Gasteiger partial charge in [0.05, 0.1) is 0 Å². The fourth-order valence-electron chi connectivity index (χ4n) is 1.37. The van der Waals surface area contributed by atoms with Crippen LogP contribution in [0.1, 0.15) is 10.4 Å². The lowest BCUT2D eigenvalue weighted by molar-refractivity contribution is 0.112. The maximum Gasteiger partial charge on any atom is 0.150 e. The van der Waals surface area contributed by atoms with Gasteiger partial charge < -0.3 is 0 Å². The summed E-state index contributed by atoms with van der Waals surface area (Å²) in [5.74, 6) is 0. The van der Waals surface area contributed by atoms with E-state index in [9.17, 15) is 4.79 Å². The van der Waals surface area contributed by atoms with E-state index in [4.69, 9.17) is 23.2 Å². The van der Waals surface area contributed by atoms with Crippen molar-refractivity contribution >= 4 is 40.3 Å². The number of carbonyl (C=O) groups excluding carboxylic acids is 1. The molecule has 3 heteroatoms. The van der Waals surface area contributed by atoms with Gasteiger partial charge >= 0.3 is 0 Å². The highest BCUT2D eigenvalue weighted by Gasteiger charge is 2.02. The Kier molecular flexibility index (Phi) is 2.44. The summed E-state index contributed by atoms with van der Waals surface area (Å²) in [5.41, 5.74) is 0.613. The van der Waals surface area contributed by atoms with Crippen LogP contribution in [-0.2, 0) is 0 Å². The number of aldehydes is 1. The van der Waals surface area contributed by atoms with E-state index in [2.05, 4.69) is 0 Å². The summed E-state index contributed by atoms with van der Waals surface area (Å²) in [5, 5.41) is 2.95. The zero-order valence-corrected chi connectivity index (χ0v) is 8.64. The van der Waals surface area contributed by atoms with Crippen LogP contribution in [-0.4, -0.2) is 6.29 Å². The molecule has 2 aromatic carbocycles. The molecule has 0 aliphatic heterocycles. The first-order chi connectivity index (χ1) is 6.70. The molecule has 2 aromatic rings. The number of hydrogen-bond acceptors (Lipinski definition) is 1. The van der Waals surface area contributed by atoms with E-state index in [1.165, 1.54) is 0 Å². The van der Waals surface area contributed by atoms with Gasteiger partial charge in [-0.2, -0.15) is 0 Å². The minimum absolute atomic E-state index is 0.566. The number of benzene rings is 2. The summed E-state index contributed by atoms with van der Waals surface area (Å²) in [6, 6.07) is 8.80. The summed E-state index contributed by atoms with van der Waals surface area (Å²) in [6.45, 7) is 0. The van der Waals surface area contributed by atoms with E-state index >= 15 is 0 Å². The molecule has 0 atom stereocenters. The Hall–Kier alpha value is -1.05. The monoisotopic (exact) mass is 224 g/mol. The van der Waals surface area contributed by atoms with Crippen molar-refractivity contribution in [1.82, 2.24) is 0 Å². The Labute approximate surface area is 91.2 Å². The summed E-state index contributed by atoms with van der Waals surface area (Å²) < 4.78 is 0. The van der Waals surface area contributed by atoms with Gasteiger partial charge in [-0.05, 0) is 23.6 Å². The molecule has 0 amide bonds. The standard InChI is InChI=1S/C11H6Cl2O/c12-9-4-8-2-1-7(6-14)3-10(8)11(13)5-9/h1-6H. The molecule has 1 nitrogen and oxygen atoms in total. The van der Waals surface area contributed by atoms with Gasteiger partial charge in [-0.15, -0.1) is 0 Å². The number of carbonyl (C=O) groups is 1. The molecule has 0 saturated carbocycles. The zero-order chi connectivity index (χ0) is 10.1. The summed E-state index contributed by atoms with van der Waals surface area (Å²) in [6.07, 6.45) is 0.796. The fourth-order valence-corrected chi connectivity index (χ4v) is 1.93. The van der Waals surface area contributed by atoms with Crippen LogP contribution in [0.4, 0.5) is 0 Å². The Morgan fingerprint density at radius 2 is 1.86 bits per heavy atom. The molecule has 0 bridgehead atoms. The second-order valence-electron chi connectivity index (χ2n) is 2.99. The second kappa shape index (κ2) is 3.60. The van der Waals surface area contributed by atoms with E-state index in [1.807, 2.05) is 12.1 Å². The van der Waals surface area contributed by atoms with Gasteiger partial charge in [0.1, 0.15) is 6.29 Å². The lowest BCUT2D eigenvalue weighted by atomic mass is 10.1. The Balaban J connectivity index is 2.81. The zero-order valence-electron chi connectivity index (χ0n) is 7.13. The third-order valence-corrected chi connectivity index (χ3v) is 2.56. The van der Waals surface area contributed by atoms with Crippen LogP contribution in [0.5, 0.6) is 0 Å². The fraction of sp³-hybridized carbons (Fsp3) is 0. The highest BCUT2D eigenvalue weighted by molar-refractivity contribution is 6.38. The molecule has 14 heavy (non-hydrogen) atoms. The number of fused-ring (bicyclic) bond motifs is 1. The molecule has 2 rings (SSSR count). The van der Waals surface area contributed by atoms with Crippen molar-refractivity contribution in [2.24, 2.45) is 0 Å². The Morgan fingerprint density at radius 3 is 2.57 bits per heavy atom. The molecule has 0 saturated heterocycles. The highest BCUT2D eigenvalue weighted by atomic mass is 35.5. The maximum atomic E-state index is 10.6. The van der Waals surface area contributed by atoms with Crippen LogP contribution in [0.15, 0.2) is 30.3 Å². The maximum absolute atomic E-state index is 10.6. The molecule has 0 radical (unpaired) electrons. The van der Waals surface area contributed by atoms with Crippen LogP contribution >= 0.6 is 23.2 Å². The van der Waals surface area contributed by atoms with Crippen LogP contribution in [0.3, 0.4) is 0 Å². The largest absolute Gasteiger partial charge is 0.298 e. The van der Waals surface area contributed by atoms with Crippen LogP contribution in [0.25, 0.3) is 10.8 Å². The first-order valence-corrected chi connectivity index (χ1v) is 4.80. The summed E-state index contributed by atoms with van der Waals surface area (Å²) >= 11 is 11.8. The molecular formula is C11H6Cl2O. The first-order valence-electron chi connectivity index (χ1n) is 4.05. The van der Waals surface area contributed by atoms with Crippen LogP contribution in [0, 0.1) is 0 Å². The molecular weight excluding hydrogens is 219 g/mol. The third kappa shape index (κ3) is 1.61. The smallest absolute Gasteiger partial charge is 0.150 e. The van der Waals surface area contributed by atoms with Crippen molar-refractivity contribution in [3.63, 3.8) is 0 Å². The van der Waals surface area contributed by atoms with E-state index in [-0.39, 0.29) is 0 Å². The van der Waals surface area contributed by atoms with E-state index in [1.54, 1.807) is 18.2 Å². The van der Waals surface area contributed by atoms with Crippen LogP contribution in [0.2, 0.25) is 10.0 Å². The van der Waals surface area contributed by atoms with Crippen LogP contribution < -0.4 is 0 Å². The molecule has 0 aromatic heterocycles. The minimum Gasteiger partial charge on any atom is -0.298 e. The summed E-state index contributed by atoms with van der Waals surface area (Å²) in [4.78, 5) is 10.6.